The van der Waals surface area contributed by atoms with Crippen molar-refractivity contribution in [1.82, 2.24) is 10.3 Å². The van der Waals surface area contributed by atoms with Gasteiger partial charge in [0.25, 0.3) is 5.22 Å². The van der Waals surface area contributed by atoms with Gasteiger partial charge in [-0.1, -0.05) is 23.4 Å². The summed E-state index contributed by atoms with van der Waals surface area (Å²) in [5.74, 6) is 1.67. The number of amides is 1. The molecule has 1 amide bonds. The Morgan fingerprint density at radius 3 is 2.86 bits per heavy atom. The molecule has 1 aliphatic carbocycles. The van der Waals surface area contributed by atoms with E-state index in [0.717, 1.165) is 5.56 Å². The standard InChI is InChI=1S/C16H17ClN2O2S/c1-10(11-2-3-11)19-15(20)9-22-16-18-8-14(21-16)12-4-6-13(17)7-5-12/h4-8,10-11H,2-3,9H2,1H3,(H,19,20). The molecule has 4 nitrogen and oxygen atoms in total. The van der Waals surface area contributed by atoms with Crippen molar-refractivity contribution < 1.29 is 9.21 Å². The number of nitrogens with zero attached hydrogens (tertiary/aromatic N) is 1. The molecule has 1 atom stereocenters. The van der Waals surface area contributed by atoms with Crippen molar-refractivity contribution in [2.24, 2.45) is 5.92 Å². The molecular formula is C16H17ClN2O2S. The number of benzene rings is 1. The van der Waals surface area contributed by atoms with E-state index in [1.165, 1.54) is 24.6 Å². The van der Waals surface area contributed by atoms with Gasteiger partial charge >= 0.3 is 0 Å². The van der Waals surface area contributed by atoms with E-state index in [9.17, 15) is 4.79 Å². The van der Waals surface area contributed by atoms with Gasteiger partial charge in [0, 0.05) is 16.6 Å². The van der Waals surface area contributed by atoms with Gasteiger partial charge in [-0.05, 0) is 49.9 Å². The average Bonchev–Trinajstić information content (AvgIpc) is 3.25. The van der Waals surface area contributed by atoms with Crippen LogP contribution in [0.5, 0.6) is 0 Å². The fraction of sp³-hybridized carbons (Fsp3) is 0.375. The van der Waals surface area contributed by atoms with Gasteiger partial charge < -0.3 is 9.73 Å². The molecule has 6 heteroatoms. The van der Waals surface area contributed by atoms with E-state index >= 15 is 0 Å². The third kappa shape index (κ3) is 4.05. The van der Waals surface area contributed by atoms with Crippen LogP contribution in [-0.4, -0.2) is 22.7 Å². The minimum atomic E-state index is 0.0237. The minimum absolute atomic E-state index is 0.0237. The molecular weight excluding hydrogens is 320 g/mol. The lowest BCUT2D eigenvalue weighted by Crippen LogP contribution is -2.35. The highest BCUT2D eigenvalue weighted by molar-refractivity contribution is 7.99. The van der Waals surface area contributed by atoms with Crippen LogP contribution in [0.1, 0.15) is 19.8 Å². The average molecular weight is 337 g/mol. The zero-order valence-electron chi connectivity index (χ0n) is 12.2. The first kappa shape index (κ1) is 15.4. The first-order chi connectivity index (χ1) is 10.6. The second kappa shape index (κ2) is 6.75. The van der Waals surface area contributed by atoms with Crippen LogP contribution in [0.4, 0.5) is 0 Å². The molecule has 0 spiro atoms. The fourth-order valence-corrected chi connectivity index (χ4v) is 2.95. The van der Waals surface area contributed by atoms with Crippen LogP contribution in [0.15, 0.2) is 40.1 Å². The van der Waals surface area contributed by atoms with E-state index < -0.39 is 0 Å². The Labute approximate surface area is 138 Å². The quantitative estimate of drug-likeness (QED) is 0.810. The van der Waals surface area contributed by atoms with Crippen molar-refractivity contribution in [3.05, 3.63) is 35.5 Å². The zero-order chi connectivity index (χ0) is 15.5. The smallest absolute Gasteiger partial charge is 0.256 e. The van der Waals surface area contributed by atoms with Gasteiger partial charge in [-0.2, -0.15) is 0 Å². The maximum atomic E-state index is 11.9. The van der Waals surface area contributed by atoms with Crippen LogP contribution < -0.4 is 5.32 Å². The maximum absolute atomic E-state index is 11.9. The van der Waals surface area contributed by atoms with E-state index in [-0.39, 0.29) is 11.9 Å². The summed E-state index contributed by atoms with van der Waals surface area (Å²) in [6, 6.07) is 7.63. The van der Waals surface area contributed by atoms with E-state index in [4.69, 9.17) is 16.0 Å². The first-order valence-electron chi connectivity index (χ1n) is 7.26. The molecule has 0 aliphatic heterocycles. The number of carbonyl (C=O) groups excluding carboxylic acids is 1. The number of thioether (sulfide) groups is 1. The van der Waals surface area contributed by atoms with Gasteiger partial charge in [0.2, 0.25) is 5.91 Å². The molecule has 1 heterocycles. The molecule has 3 rings (SSSR count). The topological polar surface area (TPSA) is 55.1 Å². The second-order valence-electron chi connectivity index (χ2n) is 5.48. The van der Waals surface area contributed by atoms with Gasteiger partial charge in [0.05, 0.1) is 11.9 Å². The maximum Gasteiger partial charge on any atom is 0.256 e. The number of halogens is 1. The number of carbonyl (C=O) groups is 1. The number of aromatic nitrogens is 1. The Morgan fingerprint density at radius 2 is 2.18 bits per heavy atom. The van der Waals surface area contributed by atoms with Crippen LogP contribution in [0.3, 0.4) is 0 Å². The highest BCUT2D eigenvalue weighted by atomic mass is 35.5. The molecule has 0 radical (unpaired) electrons. The predicted molar refractivity (Wildman–Crippen MR) is 88.0 cm³/mol. The van der Waals surface area contributed by atoms with Crippen LogP contribution in [0.25, 0.3) is 11.3 Å². The van der Waals surface area contributed by atoms with Crippen LogP contribution in [-0.2, 0) is 4.79 Å². The number of hydrogen-bond donors (Lipinski definition) is 1. The molecule has 0 saturated heterocycles. The summed E-state index contributed by atoms with van der Waals surface area (Å²) in [6.07, 6.45) is 4.11. The number of hydrogen-bond acceptors (Lipinski definition) is 4. The Bertz CT molecular complexity index is 652. The molecule has 1 aromatic carbocycles. The minimum Gasteiger partial charge on any atom is -0.431 e. The number of oxazole rings is 1. The van der Waals surface area contributed by atoms with Gasteiger partial charge in [-0.25, -0.2) is 4.98 Å². The Kier molecular flexibility index (Phi) is 4.74. The predicted octanol–water partition coefficient (Wildman–Crippen LogP) is 4.00. The Morgan fingerprint density at radius 1 is 1.45 bits per heavy atom. The van der Waals surface area contributed by atoms with Crippen LogP contribution in [0, 0.1) is 5.92 Å². The molecule has 2 aromatic rings. The van der Waals surface area contributed by atoms with Gasteiger partial charge in [0.1, 0.15) is 0 Å². The highest BCUT2D eigenvalue weighted by Gasteiger charge is 2.28. The molecule has 1 N–H and O–H groups in total. The lowest BCUT2D eigenvalue weighted by atomic mass is 10.2. The fourth-order valence-electron chi connectivity index (χ4n) is 2.21. The van der Waals surface area contributed by atoms with E-state index in [1.54, 1.807) is 18.3 Å². The highest BCUT2D eigenvalue weighted by Crippen LogP contribution is 2.32. The van der Waals surface area contributed by atoms with Crippen molar-refractivity contribution in [2.45, 2.75) is 31.0 Å². The first-order valence-corrected chi connectivity index (χ1v) is 8.62. The van der Waals surface area contributed by atoms with E-state index in [0.29, 0.717) is 27.7 Å². The van der Waals surface area contributed by atoms with Crippen molar-refractivity contribution in [3.63, 3.8) is 0 Å². The van der Waals surface area contributed by atoms with Crippen LogP contribution in [0.2, 0.25) is 5.02 Å². The summed E-state index contributed by atoms with van der Waals surface area (Å²) in [5, 5.41) is 4.19. The lowest BCUT2D eigenvalue weighted by Gasteiger charge is -2.11. The van der Waals surface area contributed by atoms with Gasteiger partial charge in [-0.3, -0.25) is 4.79 Å². The Hall–Kier alpha value is -1.46. The molecule has 1 aromatic heterocycles. The summed E-state index contributed by atoms with van der Waals surface area (Å²) >= 11 is 7.17. The number of nitrogens with one attached hydrogen (secondary N) is 1. The molecule has 0 bridgehead atoms. The van der Waals surface area contributed by atoms with Gasteiger partial charge in [0.15, 0.2) is 5.76 Å². The molecule has 1 aliphatic rings. The normalized spacial score (nSPS) is 15.5. The summed E-state index contributed by atoms with van der Waals surface area (Å²) < 4.78 is 5.65. The monoisotopic (exact) mass is 336 g/mol. The molecule has 22 heavy (non-hydrogen) atoms. The molecule has 1 fully saturated rings. The van der Waals surface area contributed by atoms with E-state index in [2.05, 4.69) is 17.2 Å². The van der Waals surface area contributed by atoms with Crippen molar-refractivity contribution >= 4 is 29.3 Å². The van der Waals surface area contributed by atoms with Gasteiger partial charge in [-0.15, -0.1) is 0 Å². The zero-order valence-corrected chi connectivity index (χ0v) is 13.8. The van der Waals surface area contributed by atoms with E-state index in [1.807, 2.05) is 12.1 Å². The van der Waals surface area contributed by atoms with Crippen molar-refractivity contribution in [1.29, 1.82) is 0 Å². The second-order valence-corrected chi connectivity index (χ2v) is 6.84. The molecule has 1 saturated carbocycles. The SMILES string of the molecule is CC(NC(=O)CSc1ncc(-c2ccc(Cl)cc2)o1)C1CC1. The lowest BCUT2D eigenvalue weighted by molar-refractivity contribution is -0.119. The van der Waals surface area contributed by atoms with Crippen molar-refractivity contribution in [3.8, 4) is 11.3 Å². The van der Waals surface area contributed by atoms with Crippen LogP contribution >= 0.6 is 23.4 Å². The summed E-state index contributed by atoms with van der Waals surface area (Å²) in [6.45, 7) is 2.06. The third-order valence-corrected chi connectivity index (χ3v) is 4.75. The summed E-state index contributed by atoms with van der Waals surface area (Å²) in [4.78, 5) is 16.1. The molecule has 116 valence electrons. The summed E-state index contributed by atoms with van der Waals surface area (Å²) in [5.41, 5.74) is 0.913. The number of rotatable bonds is 6. The largest absolute Gasteiger partial charge is 0.431 e. The summed E-state index contributed by atoms with van der Waals surface area (Å²) in [7, 11) is 0. The Balaban J connectivity index is 1.53. The van der Waals surface area contributed by atoms with Crippen molar-refractivity contribution in [2.75, 3.05) is 5.75 Å². The molecule has 1 unspecified atom stereocenters. The third-order valence-electron chi connectivity index (χ3n) is 3.66.